The van der Waals surface area contributed by atoms with Gasteiger partial charge in [0, 0.05) is 32.1 Å². The third-order valence-electron chi connectivity index (χ3n) is 4.06. The fourth-order valence-corrected chi connectivity index (χ4v) is 3.83. The van der Waals surface area contributed by atoms with Crippen LogP contribution >= 0.6 is 11.3 Å². The Morgan fingerprint density at radius 2 is 2.19 bits per heavy atom. The second-order valence-electron chi connectivity index (χ2n) is 5.50. The summed E-state index contributed by atoms with van der Waals surface area (Å²) >= 11 is 1.50. The number of carbonyl (C=O) groups is 1. The number of aliphatic hydroxyl groups is 1. The summed E-state index contributed by atoms with van der Waals surface area (Å²) in [5.74, 6) is 0.555. The van der Waals surface area contributed by atoms with Crippen molar-refractivity contribution in [3.8, 4) is 5.69 Å². The minimum atomic E-state index is 0.122. The lowest BCUT2D eigenvalue weighted by Crippen LogP contribution is -2.40. The van der Waals surface area contributed by atoms with E-state index in [9.17, 15) is 4.79 Å². The Morgan fingerprint density at radius 3 is 2.95 bits per heavy atom. The standard InChI is InChI=1S/C16H20N2O2S/c19-10-5-13-4-3-9-18(12-13)16(20)15-14(6-11-21-15)17-7-1-2-8-17/h1-2,6-8,11,13,19H,3-5,9-10,12H2. The third-order valence-corrected chi connectivity index (χ3v) is 4.96. The van der Waals surface area contributed by atoms with Crippen LogP contribution in [-0.4, -0.2) is 40.2 Å². The van der Waals surface area contributed by atoms with Crippen molar-refractivity contribution in [1.29, 1.82) is 0 Å². The van der Waals surface area contributed by atoms with Gasteiger partial charge in [0.25, 0.3) is 5.91 Å². The molecule has 1 atom stereocenters. The highest BCUT2D eigenvalue weighted by molar-refractivity contribution is 7.12. The first-order valence-electron chi connectivity index (χ1n) is 7.40. The molecule has 5 heteroatoms. The molecule has 112 valence electrons. The van der Waals surface area contributed by atoms with Crippen LogP contribution in [0.4, 0.5) is 0 Å². The minimum absolute atomic E-state index is 0.122. The lowest BCUT2D eigenvalue weighted by atomic mass is 9.95. The smallest absolute Gasteiger partial charge is 0.266 e. The Balaban J connectivity index is 1.78. The number of nitrogens with zero attached hydrogens (tertiary/aromatic N) is 2. The van der Waals surface area contributed by atoms with Gasteiger partial charge in [-0.3, -0.25) is 4.79 Å². The molecule has 1 amide bonds. The molecule has 21 heavy (non-hydrogen) atoms. The van der Waals surface area contributed by atoms with Gasteiger partial charge in [-0.15, -0.1) is 11.3 Å². The lowest BCUT2D eigenvalue weighted by Gasteiger charge is -2.32. The Hall–Kier alpha value is -1.59. The van der Waals surface area contributed by atoms with E-state index >= 15 is 0 Å². The number of hydrogen-bond acceptors (Lipinski definition) is 3. The molecule has 0 aromatic carbocycles. The second kappa shape index (κ2) is 6.45. The molecule has 1 saturated heterocycles. The maximum Gasteiger partial charge on any atom is 0.266 e. The Kier molecular flexibility index (Phi) is 4.41. The van der Waals surface area contributed by atoms with Gasteiger partial charge in [-0.2, -0.15) is 0 Å². The fourth-order valence-electron chi connectivity index (χ4n) is 2.97. The summed E-state index contributed by atoms with van der Waals surface area (Å²) in [6.45, 7) is 1.80. The summed E-state index contributed by atoms with van der Waals surface area (Å²) in [5.41, 5.74) is 0.958. The van der Waals surface area contributed by atoms with Gasteiger partial charge in [-0.1, -0.05) is 0 Å². The predicted molar refractivity (Wildman–Crippen MR) is 84.0 cm³/mol. The van der Waals surface area contributed by atoms with Crippen molar-refractivity contribution in [2.75, 3.05) is 19.7 Å². The van der Waals surface area contributed by atoms with Crippen LogP contribution in [0.2, 0.25) is 0 Å². The van der Waals surface area contributed by atoms with E-state index in [1.54, 1.807) is 0 Å². The molecule has 3 heterocycles. The van der Waals surface area contributed by atoms with Gasteiger partial charge in [-0.25, -0.2) is 0 Å². The zero-order chi connectivity index (χ0) is 14.7. The van der Waals surface area contributed by atoms with Crippen molar-refractivity contribution in [3.05, 3.63) is 40.8 Å². The molecule has 3 rings (SSSR count). The predicted octanol–water partition coefficient (Wildman–Crippen LogP) is 2.77. The summed E-state index contributed by atoms with van der Waals surface area (Å²) in [5, 5.41) is 11.1. The molecule has 1 aliphatic heterocycles. The lowest BCUT2D eigenvalue weighted by molar-refractivity contribution is 0.0658. The van der Waals surface area contributed by atoms with Gasteiger partial charge < -0.3 is 14.6 Å². The average Bonchev–Trinajstić information content (AvgIpc) is 3.18. The third kappa shape index (κ3) is 3.04. The van der Waals surface area contributed by atoms with Crippen LogP contribution in [0.15, 0.2) is 36.0 Å². The molecule has 1 unspecified atom stereocenters. The van der Waals surface area contributed by atoms with Crippen molar-refractivity contribution < 1.29 is 9.90 Å². The SMILES string of the molecule is O=C(c1sccc1-n1cccc1)N1CCCC(CCO)C1. The number of thiophene rings is 1. The summed E-state index contributed by atoms with van der Waals surface area (Å²) in [7, 11) is 0. The van der Waals surface area contributed by atoms with E-state index in [1.165, 1.54) is 11.3 Å². The maximum atomic E-state index is 12.8. The molecule has 1 N–H and O–H groups in total. The number of aromatic nitrogens is 1. The first-order chi connectivity index (χ1) is 10.3. The van der Waals surface area contributed by atoms with Crippen molar-refractivity contribution in [1.82, 2.24) is 9.47 Å². The summed E-state index contributed by atoms with van der Waals surface area (Å²) in [6.07, 6.45) is 6.85. The molecule has 0 saturated carbocycles. The van der Waals surface area contributed by atoms with Crippen LogP contribution in [0.3, 0.4) is 0 Å². The number of rotatable bonds is 4. The molecule has 0 aliphatic carbocycles. The van der Waals surface area contributed by atoms with E-state index in [-0.39, 0.29) is 12.5 Å². The number of likely N-dealkylation sites (tertiary alicyclic amines) is 1. The average molecular weight is 304 g/mol. The normalized spacial score (nSPS) is 18.9. The van der Waals surface area contributed by atoms with Gasteiger partial charge in [0.05, 0.1) is 5.69 Å². The zero-order valence-corrected chi connectivity index (χ0v) is 12.8. The number of hydrogen-bond donors (Lipinski definition) is 1. The molecule has 1 fully saturated rings. The molecule has 0 spiro atoms. The van der Waals surface area contributed by atoms with E-state index in [0.717, 1.165) is 42.9 Å². The number of piperidine rings is 1. The highest BCUT2D eigenvalue weighted by Gasteiger charge is 2.26. The second-order valence-corrected chi connectivity index (χ2v) is 6.41. The molecule has 0 bridgehead atoms. The van der Waals surface area contributed by atoms with Crippen molar-refractivity contribution in [2.45, 2.75) is 19.3 Å². The summed E-state index contributed by atoms with van der Waals surface area (Å²) in [6, 6.07) is 5.92. The van der Waals surface area contributed by atoms with Gasteiger partial charge in [0.2, 0.25) is 0 Å². The monoisotopic (exact) mass is 304 g/mol. The molecule has 2 aromatic heterocycles. The first kappa shape index (κ1) is 14.4. The molecule has 2 aromatic rings. The van der Waals surface area contributed by atoms with Gasteiger partial charge in [0.15, 0.2) is 0 Å². The number of amides is 1. The van der Waals surface area contributed by atoms with Crippen molar-refractivity contribution in [2.24, 2.45) is 5.92 Å². The molecule has 4 nitrogen and oxygen atoms in total. The Morgan fingerprint density at radius 1 is 1.38 bits per heavy atom. The largest absolute Gasteiger partial charge is 0.396 e. The Bertz CT molecular complexity index is 589. The van der Waals surface area contributed by atoms with Crippen molar-refractivity contribution in [3.63, 3.8) is 0 Å². The fraction of sp³-hybridized carbons (Fsp3) is 0.438. The first-order valence-corrected chi connectivity index (χ1v) is 8.28. The van der Waals surface area contributed by atoms with Crippen molar-refractivity contribution >= 4 is 17.2 Å². The Labute approximate surface area is 128 Å². The quantitative estimate of drug-likeness (QED) is 0.944. The van der Waals surface area contributed by atoms with Crippen LogP contribution in [0, 0.1) is 5.92 Å². The van der Waals surface area contributed by atoms with E-state index in [2.05, 4.69) is 0 Å². The zero-order valence-electron chi connectivity index (χ0n) is 11.9. The van der Waals surface area contributed by atoms with E-state index in [4.69, 9.17) is 5.11 Å². The molecule has 1 aliphatic rings. The topological polar surface area (TPSA) is 45.5 Å². The summed E-state index contributed by atoms with van der Waals surface area (Å²) in [4.78, 5) is 15.5. The molecular formula is C16H20N2O2S. The van der Waals surface area contributed by atoms with Crippen LogP contribution in [0.5, 0.6) is 0 Å². The van der Waals surface area contributed by atoms with Gasteiger partial charge >= 0.3 is 0 Å². The van der Waals surface area contributed by atoms with Crippen LogP contribution in [-0.2, 0) is 0 Å². The number of aliphatic hydroxyl groups excluding tert-OH is 1. The van der Waals surface area contributed by atoms with E-state index < -0.39 is 0 Å². The molecule has 0 radical (unpaired) electrons. The minimum Gasteiger partial charge on any atom is -0.396 e. The maximum absolute atomic E-state index is 12.8. The van der Waals surface area contributed by atoms with Crippen LogP contribution in [0.1, 0.15) is 28.9 Å². The number of carbonyl (C=O) groups excluding carboxylic acids is 1. The van der Waals surface area contributed by atoms with Gasteiger partial charge in [0.1, 0.15) is 4.88 Å². The van der Waals surface area contributed by atoms with Gasteiger partial charge in [-0.05, 0) is 48.8 Å². The van der Waals surface area contributed by atoms with E-state index in [0.29, 0.717) is 5.92 Å². The highest BCUT2D eigenvalue weighted by atomic mass is 32.1. The van der Waals surface area contributed by atoms with Crippen LogP contribution < -0.4 is 0 Å². The van der Waals surface area contributed by atoms with E-state index in [1.807, 2.05) is 45.4 Å². The highest BCUT2D eigenvalue weighted by Crippen LogP contribution is 2.26. The van der Waals surface area contributed by atoms with Crippen LogP contribution in [0.25, 0.3) is 5.69 Å². The summed E-state index contributed by atoms with van der Waals surface area (Å²) < 4.78 is 1.99. The molecular weight excluding hydrogens is 284 g/mol.